The van der Waals surface area contributed by atoms with Gasteiger partial charge in [0, 0.05) is 52.3 Å². The van der Waals surface area contributed by atoms with Gasteiger partial charge in [0.25, 0.3) is 0 Å². The fourth-order valence-corrected chi connectivity index (χ4v) is 8.37. The second kappa shape index (κ2) is 17.1. The molecule has 1 aliphatic heterocycles. The molecule has 1 heterocycles. The highest BCUT2D eigenvalue weighted by atomic mass is 127. The Morgan fingerprint density at radius 3 is 1.15 bits per heavy atom. The summed E-state index contributed by atoms with van der Waals surface area (Å²) in [5.41, 5.74) is 16.3. The van der Waals surface area contributed by atoms with E-state index in [1.807, 2.05) is 0 Å². The van der Waals surface area contributed by atoms with Gasteiger partial charge in [0.2, 0.25) is 6.34 Å². The van der Waals surface area contributed by atoms with Gasteiger partial charge in [-0.2, -0.15) is 0 Å². The lowest BCUT2D eigenvalue weighted by Gasteiger charge is -2.31. The molecule has 0 radical (unpaired) electrons. The minimum Gasteiger partial charge on any atom is -1.00 e. The molecule has 6 aromatic carbocycles. The first-order chi connectivity index (χ1) is 25.3. The summed E-state index contributed by atoms with van der Waals surface area (Å²) in [7, 11) is 0. The Labute approximate surface area is 335 Å². The largest absolute Gasteiger partial charge is 1.00 e. The van der Waals surface area contributed by atoms with Crippen LogP contribution in [0.5, 0.6) is 0 Å². The van der Waals surface area contributed by atoms with Gasteiger partial charge in [-0.15, -0.1) is 0 Å². The molecule has 53 heavy (non-hydrogen) atoms. The zero-order valence-electron chi connectivity index (χ0n) is 32.1. The highest BCUT2D eigenvalue weighted by Gasteiger charge is 2.33. The molecule has 1 aliphatic rings. The molecular formula is C50H53IN2. The Morgan fingerprint density at radius 1 is 0.472 bits per heavy atom. The maximum atomic E-state index is 2.60. The first-order valence-electron chi connectivity index (χ1n) is 19.2. The average molecular weight is 809 g/mol. The molecule has 0 aromatic heterocycles. The summed E-state index contributed by atoms with van der Waals surface area (Å²) in [6.45, 7) is 16.0. The SMILES string of the molecule is Cc1cc(C(C)c2ccccc2)c(N2C=[N+](c3c(C(C)c4ccccc4)cc(C)cc3C(C)c3ccccc3)CCC2)c(C(C)c2ccccc2)c1.[I-]. The Hall–Kier alpha value is -4.48. The third-order valence-electron chi connectivity index (χ3n) is 11.3. The number of anilines is 1. The summed E-state index contributed by atoms with van der Waals surface area (Å²) in [6.07, 6.45) is 3.53. The molecule has 0 spiro atoms. The molecule has 2 nitrogen and oxygen atoms in total. The summed E-state index contributed by atoms with van der Waals surface area (Å²) in [5, 5.41) is 0. The van der Waals surface area contributed by atoms with Crippen LogP contribution in [0, 0.1) is 13.8 Å². The molecule has 0 aliphatic carbocycles. The van der Waals surface area contributed by atoms with E-state index >= 15 is 0 Å². The highest BCUT2D eigenvalue weighted by Crippen LogP contribution is 2.44. The molecule has 4 atom stereocenters. The predicted octanol–water partition coefficient (Wildman–Crippen LogP) is 9.50. The van der Waals surface area contributed by atoms with Crippen molar-refractivity contribution in [1.29, 1.82) is 0 Å². The Balaban J connectivity index is 0.00000481. The fourth-order valence-electron chi connectivity index (χ4n) is 8.37. The molecule has 4 unspecified atom stereocenters. The monoisotopic (exact) mass is 808 g/mol. The van der Waals surface area contributed by atoms with E-state index in [1.54, 1.807) is 0 Å². The smallest absolute Gasteiger partial charge is 0.244 e. The number of nitrogens with zero attached hydrogens (tertiary/aromatic N) is 2. The molecule has 6 aromatic rings. The molecule has 7 rings (SSSR count). The van der Waals surface area contributed by atoms with Gasteiger partial charge >= 0.3 is 0 Å². The van der Waals surface area contributed by atoms with Crippen molar-refractivity contribution in [3.05, 3.63) is 201 Å². The van der Waals surface area contributed by atoms with Crippen molar-refractivity contribution in [3.8, 4) is 0 Å². The van der Waals surface area contributed by atoms with E-state index in [2.05, 4.69) is 203 Å². The molecular weight excluding hydrogens is 755 g/mol. The topological polar surface area (TPSA) is 6.25 Å². The lowest BCUT2D eigenvalue weighted by atomic mass is 9.83. The number of benzene rings is 6. The second-order valence-corrected chi connectivity index (χ2v) is 15.0. The standard InChI is InChI=1S/C50H53N2.HI/c1-35-30-45(37(3)41-20-11-7-12-21-41)49(46(31-35)38(4)42-22-13-8-14-23-42)51-28-19-29-52(34-51)50-47(39(5)43-24-15-9-16-25-43)32-36(2)33-48(50)40(6)44-26-17-10-18-27-44;/h7-18,20-27,30-34,37-40H,19,28-29H2,1-6H3;1H/q+1;/p-1. The van der Waals surface area contributed by atoms with Gasteiger partial charge in [-0.25, -0.2) is 9.48 Å². The van der Waals surface area contributed by atoms with Gasteiger partial charge in [0.1, 0.15) is 11.4 Å². The maximum Gasteiger partial charge on any atom is 0.244 e. The van der Waals surface area contributed by atoms with E-state index in [0.29, 0.717) is 0 Å². The van der Waals surface area contributed by atoms with Crippen molar-refractivity contribution in [1.82, 2.24) is 0 Å². The third kappa shape index (κ3) is 8.21. The van der Waals surface area contributed by atoms with Crippen molar-refractivity contribution in [2.24, 2.45) is 0 Å². The van der Waals surface area contributed by atoms with Crippen molar-refractivity contribution >= 4 is 17.7 Å². The normalized spacial score (nSPS) is 15.1. The average Bonchev–Trinajstić information content (AvgIpc) is 3.20. The second-order valence-electron chi connectivity index (χ2n) is 15.0. The van der Waals surface area contributed by atoms with Crippen LogP contribution in [0.1, 0.15) is 113 Å². The summed E-state index contributed by atoms with van der Waals surface area (Å²) in [5.74, 6) is 0.957. The number of hydrogen-bond donors (Lipinski definition) is 0. The fraction of sp³-hybridized carbons (Fsp3) is 0.260. The van der Waals surface area contributed by atoms with Crippen molar-refractivity contribution in [3.63, 3.8) is 0 Å². The number of hydrogen-bond acceptors (Lipinski definition) is 1. The minimum absolute atomic E-state index is 0. The zero-order valence-corrected chi connectivity index (χ0v) is 34.3. The molecule has 0 N–H and O–H groups in total. The molecule has 0 amide bonds. The molecule has 0 saturated heterocycles. The lowest BCUT2D eigenvalue weighted by Crippen LogP contribution is -3.00. The summed E-state index contributed by atoms with van der Waals surface area (Å²) in [4.78, 5) is 2.60. The quantitative estimate of drug-likeness (QED) is 0.0988. The summed E-state index contributed by atoms with van der Waals surface area (Å²) >= 11 is 0. The van der Waals surface area contributed by atoms with Crippen LogP contribution < -0.4 is 28.9 Å². The predicted molar refractivity (Wildman–Crippen MR) is 221 cm³/mol. The van der Waals surface area contributed by atoms with Gasteiger partial charge in [-0.05, 0) is 36.1 Å². The van der Waals surface area contributed by atoms with Gasteiger partial charge in [-0.1, -0.05) is 184 Å². The number of aryl methyl sites for hydroxylation is 2. The van der Waals surface area contributed by atoms with Crippen LogP contribution in [-0.2, 0) is 0 Å². The van der Waals surface area contributed by atoms with Crippen LogP contribution >= 0.6 is 0 Å². The van der Waals surface area contributed by atoms with Crippen LogP contribution in [0.25, 0.3) is 0 Å². The molecule has 0 saturated carbocycles. The van der Waals surface area contributed by atoms with Crippen LogP contribution in [-0.4, -0.2) is 24.0 Å². The first-order valence-corrected chi connectivity index (χ1v) is 19.2. The Morgan fingerprint density at radius 2 is 0.792 bits per heavy atom. The lowest BCUT2D eigenvalue weighted by molar-refractivity contribution is -0.441. The Bertz CT molecular complexity index is 2010. The van der Waals surface area contributed by atoms with Crippen LogP contribution in [0.4, 0.5) is 11.4 Å². The van der Waals surface area contributed by atoms with Crippen LogP contribution in [0.3, 0.4) is 0 Å². The van der Waals surface area contributed by atoms with Crippen LogP contribution in [0.15, 0.2) is 146 Å². The van der Waals surface area contributed by atoms with Crippen molar-refractivity contribution < 1.29 is 28.6 Å². The van der Waals surface area contributed by atoms with Crippen molar-refractivity contribution in [2.45, 2.75) is 71.6 Å². The van der Waals surface area contributed by atoms with Gasteiger partial charge in [-0.3, -0.25) is 0 Å². The highest BCUT2D eigenvalue weighted by molar-refractivity contribution is 5.83. The summed E-state index contributed by atoms with van der Waals surface area (Å²) < 4.78 is 2.60. The zero-order chi connectivity index (χ0) is 36.2. The van der Waals surface area contributed by atoms with E-state index in [4.69, 9.17) is 0 Å². The Kier molecular flexibility index (Phi) is 12.4. The van der Waals surface area contributed by atoms with E-state index in [9.17, 15) is 0 Å². The number of halogens is 1. The van der Waals surface area contributed by atoms with E-state index in [0.717, 1.165) is 19.5 Å². The molecule has 3 heteroatoms. The maximum absolute atomic E-state index is 2.60. The van der Waals surface area contributed by atoms with Gasteiger partial charge in [0.05, 0.1) is 13.1 Å². The van der Waals surface area contributed by atoms with Gasteiger partial charge < -0.3 is 24.0 Å². The van der Waals surface area contributed by atoms with E-state index in [1.165, 1.54) is 67.0 Å². The molecule has 270 valence electrons. The molecule has 0 fully saturated rings. The van der Waals surface area contributed by atoms with E-state index in [-0.39, 0.29) is 47.6 Å². The summed E-state index contributed by atoms with van der Waals surface area (Å²) in [6, 6.07) is 53.9. The first kappa shape index (κ1) is 38.3. The van der Waals surface area contributed by atoms with Crippen molar-refractivity contribution in [2.75, 3.05) is 18.0 Å². The van der Waals surface area contributed by atoms with Gasteiger partial charge in [0.15, 0.2) is 0 Å². The number of rotatable bonds is 10. The molecule has 0 bridgehead atoms. The van der Waals surface area contributed by atoms with Crippen LogP contribution in [0.2, 0.25) is 0 Å². The third-order valence-corrected chi connectivity index (χ3v) is 11.3. The minimum atomic E-state index is 0. The van der Waals surface area contributed by atoms with E-state index < -0.39 is 0 Å².